The van der Waals surface area contributed by atoms with Gasteiger partial charge in [-0.2, -0.15) is 0 Å². The predicted octanol–water partition coefficient (Wildman–Crippen LogP) is 4.38. The fourth-order valence-electron chi connectivity index (χ4n) is 4.70. The molecule has 35 heavy (non-hydrogen) atoms. The summed E-state index contributed by atoms with van der Waals surface area (Å²) in [4.78, 5) is 23.4. The van der Waals surface area contributed by atoms with Crippen molar-refractivity contribution in [3.05, 3.63) is 90.0 Å². The molecular weight excluding hydrogens is 460 g/mol. The topological polar surface area (TPSA) is 67.8 Å². The van der Waals surface area contributed by atoms with Gasteiger partial charge in [0.15, 0.2) is 0 Å². The number of amides is 1. The largest absolute Gasteiger partial charge is 0.486 e. The molecule has 3 unspecified atom stereocenters. The smallest absolute Gasteiger partial charge is 0.272 e. The Hall–Kier alpha value is -2.94. The van der Waals surface area contributed by atoms with Gasteiger partial charge in [0.25, 0.3) is 5.91 Å². The van der Waals surface area contributed by atoms with Crippen LogP contribution in [0.2, 0.25) is 0 Å². The Morgan fingerprint density at radius 3 is 2.63 bits per heavy atom. The number of likely N-dealkylation sites (tertiary alicyclic amines) is 1. The number of aromatic nitrogens is 2. The first-order valence-electron chi connectivity index (χ1n) is 12.0. The summed E-state index contributed by atoms with van der Waals surface area (Å²) in [6.45, 7) is 2.02. The van der Waals surface area contributed by atoms with Crippen LogP contribution in [0.1, 0.15) is 40.6 Å². The monoisotopic (exact) mass is 490 g/mol. The zero-order chi connectivity index (χ0) is 24.0. The minimum Gasteiger partial charge on any atom is -0.486 e. The van der Waals surface area contributed by atoms with E-state index in [2.05, 4.69) is 38.5 Å². The van der Waals surface area contributed by atoms with Gasteiger partial charge in [0.1, 0.15) is 23.7 Å². The van der Waals surface area contributed by atoms with Crippen molar-refractivity contribution >= 4 is 17.9 Å². The second-order valence-corrected chi connectivity index (χ2v) is 9.85. The van der Waals surface area contributed by atoms with Crippen molar-refractivity contribution in [2.24, 2.45) is 0 Å². The van der Waals surface area contributed by atoms with Crippen LogP contribution in [0, 0.1) is 0 Å². The highest BCUT2D eigenvalue weighted by molar-refractivity contribution is 7.96. The molecule has 3 aromatic rings. The van der Waals surface area contributed by atoms with E-state index < -0.39 is 0 Å². The summed E-state index contributed by atoms with van der Waals surface area (Å²) < 4.78 is 14.4. The molecule has 5 rings (SSSR count). The SMILES string of the molecule is COC1CN(C(=O)c2ccccn2)CC1Oc1cccc(CSN2CCCC2c2ccccn2)c1. The maximum Gasteiger partial charge on any atom is 0.272 e. The number of carbonyl (C=O) groups is 1. The molecule has 4 heterocycles. The molecule has 2 saturated heterocycles. The summed E-state index contributed by atoms with van der Waals surface area (Å²) in [5, 5.41) is 0. The molecular formula is C27H30N4O3S. The normalized spacial score (nSPS) is 22.4. The summed E-state index contributed by atoms with van der Waals surface area (Å²) in [6, 6.07) is 20.1. The van der Waals surface area contributed by atoms with E-state index in [0.717, 1.165) is 30.2 Å². The van der Waals surface area contributed by atoms with E-state index in [1.165, 1.54) is 12.0 Å². The van der Waals surface area contributed by atoms with Crippen LogP contribution in [0.4, 0.5) is 0 Å². The number of benzene rings is 1. The van der Waals surface area contributed by atoms with Crippen molar-refractivity contribution in [3.8, 4) is 5.75 Å². The van der Waals surface area contributed by atoms with E-state index in [1.54, 1.807) is 30.3 Å². The van der Waals surface area contributed by atoms with Gasteiger partial charge >= 0.3 is 0 Å². The Morgan fingerprint density at radius 2 is 1.86 bits per heavy atom. The van der Waals surface area contributed by atoms with Gasteiger partial charge in [-0.25, -0.2) is 4.31 Å². The van der Waals surface area contributed by atoms with Crippen molar-refractivity contribution in [2.45, 2.75) is 36.8 Å². The van der Waals surface area contributed by atoms with Gasteiger partial charge in [-0.1, -0.05) is 36.2 Å². The van der Waals surface area contributed by atoms with E-state index in [9.17, 15) is 4.79 Å². The van der Waals surface area contributed by atoms with Crippen LogP contribution < -0.4 is 4.74 Å². The lowest BCUT2D eigenvalue weighted by Gasteiger charge is -2.23. The summed E-state index contributed by atoms with van der Waals surface area (Å²) in [7, 11) is 1.66. The third-order valence-electron chi connectivity index (χ3n) is 6.51. The zero-order valence-electron chi connectivity index (χ0n) is 19.8. The molecule has 0 N–H and O–H groups in total. The molecule has 3 atom stereocenters. The Morgan fingerprint density at radius 1 is 1.03 bits per heavy atom. The summed E-state index contributed by atoms with van der Waals surface area (Å²) in [6.07, 6.45) is 5.41. The maximum absolute atomic E-state index is 12.8. The Bertz CT molecular complexity index is 1120. The van der Waals surface area contributed by atoms with Gasteiger partial charge in [0, 0.05) is 31.8 Å². The lowest BCUT2D eigenvalue weighted by molar-refractivity contribution is 0.0339. The number of ether oxygens (including phenoxy) is 2. The average Bonchev–Trinajstić information content (AvgIpc) is 3.55. The van der Waals surface area contributed by atoms with Gasteiger partial charge in [0.2, 0.25) is 0 Å². The van der Waals surface area contributed by atoms with Gasteiger partial charge in [0.05, 0.1) is 24.8 Å². The molecule has 7 nitrogen and oxygen atoms in total. The number of nitrogens with zero attached hydrogens (tertiary/aromatic N) is 4. The molecule has 0 saturated carbocycles. The molecule has 2 aromatic heterocycles. The molecule has 1 amide bonds. The maximum atomic E-state index is 12.8. The van der Waals surface area contributed by atoms with Gasteiger partial charge in [-0.3, -0.25) is 14.8 Å². The number of carbonyl (C=O) groups excluding carboxylic acids is 1. The first-order chi connectivity index (χ1) is 17.2. The molecule has 182 valence electrons. The number of hydrogen-bond acceptors (Lipinski definition) is 7. The first-order valence-corrected chi connectivity index (χ1v) is 12.9. The lowest BCUT2D eigenvalue weighted by atomic mass is 10.1. The number of pyridine rings is 2. The molecule has 0 aliphatic carbocycles. The van der Waals surface area contributed by atoms with Crippen LogP contribution in [0.15, 0.2) is 73.1 Å². The number of hydrogen-bond donors (Lipinski definition) is 0. The Balaban J connectivity index is 1.20. The van der Waals surface area contributed by atoms with Crippen molar-refractivity contribution < 1.29 is 14.3 Å². The minimum atomic E-state index is -0.234. The quantitative estimate of drug-likeness (QED) is 0.434. The third kappa shape index (κ3) is 5.66. The van der Waals surface area contributed by atoms with E-state index in [-0.39, 0.29) is 18.1 Å². The van der Waals surface area contributed by atoms with Crippen LogP contribution in [0.3, 0.4) is 0 Å². The minimum absolute atomic E-state index is 0.100. The van der Waals surface area contributed by atoms with Crippen molar-refractivity contribution in [1.82, 2.24) is 19.2 Å². The highest BCUT2D eigenvalue weighted by Crippen LogP contribution is 2.37. The van der Waals surface area contributed by atoms with E-state index in [1.807, 2.05) is 42.4 Å². The second-order valence-electron chi connectivity index (χ2n) is 8.83. The van der Waals surface area contributed by atoms with Crippen molar-refractivity contribution in [1.29, 1.82) is 0 Å². The molecule has 2 fully saturated rings. The highest BCUT2D eigenvalue weighted by atomic mass is 32.2. The molecule has 2 aliphatic heterocycles. The summed E-state index contributed by atoms with van der Waals surface area (Å²) >= 11 is 1.85. The van der Waals surface area contributed by atoms with Crippen LogP contribution in [-0.4, -0.2) is 64.0 Å². The fraction of sp³-hybridized carbons (Fsp3) is 0.370. The molecule has 1 aromatic carbocycles. The fourth-order valence-corrected chi connectivity index (χ4v) is 5.85. The van der Waals surface area contributed by atoms with Crippen LogP contribution in [-0.2, 0) is 10.5 Å². The van der Waals surface area contributed by atoms with Crippen LogP contribution in [0.5, 0.6) is 5.75 Å². The van der Waals surface area contributed by atoms with E-state index in [4.69, 9.17) is 9.47 Å². The molecule has 0 radical (unpaired) electrons. The first kappa shape index (κ1) is 23.8. The van der Waals surface area contributed by atoms with Crippen LogP contribution >= 0.6 is 11.9 Å². The third-order valence-corrected chi connectivity index (χ3v) is 7.74. The molecule has 0 spiro atoms. The van der Waals surface area contributed by atoms with Gasteiger partial charge in [-0.15, -0.1) is 0 Å². The zero-order valence-corrected chi connectivity index (χ0v) is 20.6. The molecule has 8 heteroatoms. The Labute approximate surface area is 210 Å². The summed E-state index contributed by atoms with van der Waals surface area (Å²) in [5.41, 5.74) is 2.78. The predicted molar refractivity (Wildman–Crippen MR) is 136 cm³/mol. The van der Waals surface area contributed by atoms with E-state index >= 15 is 0 Å². The van der Waals surface area contributed by atoms with Crippen molar-refractivity contribution in [3.63, 3.8) is 0 Å². The highest BCUT2D eigenvalue weighted by Gasteiger charge is 2.37. The van der Waals surface area contributed by atoms with Gasteiger partial charge < -0.3 is 14.4 Å². The average molecular weight is 491 g/mol. The number of methoxy groups -OCH3 is 1. The van der Waals surface area contributed by atoms with E-state index in [0.29, 0.717) is 24.8 Å². The summed E-state index contributed by atoms with van der Waals surface area (Å²) in [5.74, 6) is 1.56. The standard InChI is InChI=1S/C27H30N4O3S/c1-33-25-17-30(27(32)23-11-3-5-14-29-23)18-26(25)34-21-9-6-8-20(16-21)19-35-31-15-7-12-24(31)22-10-2-4-13-28-22/h2-6,8-11,13-14,16,24-26H,7,12,15,17-19H2,1H3. The van der Waals surface area contributed by atoms with Crippen molar-refractivity contribution in [2.75, 3.05) is 26.7 Å². The van der Waals surface area contributed by atoms with Gasteiger partial charge in [-0.05, 0) is 54.8 Å². The van der Waals surface area contributed by atoms with Crippen LogP contribution in [0.25, 0.3) is 0 Å². The second kappa shape index (κ2) is 11.2. The number of rotatable bonds is 8. The molecule has 0 bridgehead atoms. The molecule has 2 aliphatic rings. The lowest BCUT2D eigenvalue weighted by Crippen LogP contribution is -2.32. The Kier molecular flexibility index (Phi) is 7.61.